The minimum Gasteiger partial charge on any atom is -0.507 e. The minimum atomic E-state index is -0.391. The molecule has 9 rings (SSSR count). The van der Waals surface area contributed by atoms with E-state index < -0.39 is 5.75 Å². The van der Waals surface area contributed by atoms with Gasteiger partial charge in [0.1, 0.15) is 40.2 Å². The standard InChI is InChI=1S/C21H20O6.C21H18O6.C20H18O6.C15H20O.C10H16.C9H12O/c1-26-20-11-14(5-9-18(20)24)3-7-16(22)13-17(23)8-4-15-6-10-19(25)21(12-15)27-2;1-12(23)3-5-14-7-8-16(21(27)18(14)11-22)17-10-19(25)15(9-20(17)26)6-4-13(2)24;1-11(21)3-5-13-7-19(25)15(9-17(13)23)16-10-18(24)14(8-20(16)26)6-4-12(2)22;1-11(2)9-15(16)10-13(4)14-7-5-12(3)6-8-14;1-8(2)10-6-4-9(3)5-7-10;1-7-3-4-9(6-10)8(2)5-7/h3-12,24-25H,13H2,1-2H3;3-11,25-27H,1-2H3;3-10,23-26H,1-2H3;5-9,13H,10H2,1-4H3;4-6,8,10H,7H2,1-3H3;3-5,10H,6H2,1-2H3/b7-3+,8-4+;2*5-3+,6-4+;;;. The molecule has 0 saturated heterocycles. The van der Waals surface area contributed by atoms with Crippen molar-refractivity contribution in [1.29, 1.82) is 0 Å². The molecular formula is C96H104O20. The molecule has 0 radical (unpaired) electrons. The van der Waals surface area contributed by atoms with E-state index in [1.54, 1.807) is 42.5 Å². The molecule has 0 amide bonds. The van der Waals surface area contributed by atoms with Crippen LogP contribution in [0.4, 0.5) is 0 Å². The van der Waals surface area contributed by atoms with Gasteiger partial charge in [-0.25, -0.2) is 0 Å². The highest BCUT2D eigenvalue weighted by molar-refractivity contribution is 6.11. The number of benzene rings is 8. The zero-order chi connectivity index (χ0) is 86.6. The highest BCUT2D eigenvalue weighted by Gasteiger charge is 2.20. The number of rotatable bonds is 25. The van der Waals surface area contributed by atoms with Crippen LogP contribution in [0.3, 0.4) is 0 Å². The van der Waals surface area contributed by atoms with Crippen molar-refractivity contribution in [3.63, 3.8) is 0 Å². The number of ketones is 7. The Hall–Kier alpha value is -13.5. The van der Waals surface area contributed by atoms with Gasteiger partial charge in [-0.2, -0.15) is 0 Å². The van der Waals surface area contributed by atoms with Crippen LogP contribution in [0.1, 0.15) is 166 Å². The first kappa shape index (κ1) is 94.9. The molecule has 8 aromatic carbocycles. The molecule has 116 heavy (non-hydrogen) atoms. The van der Waals surface area contributed by atoms with E-state index in [-0.39, 0.29) is 144 Å². The Kier molecular flexibility index (Phi) is 38.6. The molecular weight excluding hydrogens is 1470 g/mol. The maximum Gasteiger partial charge on any atom is 0.163 e. The minimum absolute atomic E-state index is 0.00662. The monoisotopic (exact) mass is 1580 g/mol. The lowest BCUT2D eigenvalue weighted by Crippen LogP contribution is -2.06. The van der Waals surface area contributed by atoms with Gasteiger partial charge in [-0.1, -0.05) is 140 Å². The summed E-state index contributed by atoms with van der Waals surface area (Å²) in [6.07, 6.45) is 26.8. The first-order valence-electron chi connectivity index (χ1n) is 36.9. The smallest absolute Gasteiger partial charge is 0.163 e. The molecule has 1 aliphatic rings. The number of hydrogen-bond acceptors (Lipinski definition) is 20. The fraction of sp³-hybridized carbons (Fsp3) is 0.229. The number of methoxy groups -OCH3 is 2. The van der Waals surface area contributed by atoms with E-state index in [0.717, 1.165) is 23.0 Å². The number of phenols is 9. The van der Waals surface area contributed by atoms with Gasteiger partial charge in [0.05, 0.1) is 32.8 Å². The number of phenolic OH excluding ortho intramolecular Hbond substituents is 9. The number of aryl methyl sites for hydroxylation is 3. The van der Waals surface area contributed by atoms with E-state index in [9.17, 15) is 84.3 Å². The summed E-state index contributed by atoms with van der Waals surface area (Å²) in [6.45, 7) is 24.4. The van der Waals surface area contributed by atoms with E-state index in [2.05, 4.69) is 83.2 Å². The van der Waals surface area contributed by atoms with Crippen molar-refractivity contribution in [3.05, 3.63) is 266 Å². The van der Waals surface area contributed by atoms with Crippen molar-refractivity contribution < 1.29 is 98.9 Å². The predicted octanol–water partition coefficient (Wildman–Crippen LogP) is 19.2. The Labute approximate surface area is 678 Å². The highest BCUT2D eigenvalue weighted by Crippen LogP contribution is 2.44. The number of aliphatic hydroxyl groups excluding tert-OH is 1. The Morgan fingerprint density at radius 2 is 0.871 bits per heavy atom. The molecule has 2 unspecified atom stereocenters. The van der Waals surface area contributed by atoms with E-state index in [1.165, 1.54) is 198 Å². The van der Waals surface area contributed by atoms with Gasteiger partial charge < -0.3 is 60.5 Å². The largest absolute Gasteiger partial charge is 0.507 e. The number of allylic oxidation sites excluding steroid dienone is 12. The van der Waals surface area contributed by atoms with Crippen LogP contribution < -0.4 is 9.47 Å². The van der Waals surface area contributed by atoms with Crippen LogP contribution in [0.25, 0.3) is 58.7 Å². The van der Waals surface area contributed by atoms with Crippen molar-refractivity contribution in [1.82, 2.24) is 0 Å². The molecule has 0 heterocycles. The molecule has 608 valence electrons. The van der Waals surface area contributed by atoms with Crippen LogP contribution in [0.5, 0.6) is 63.2 Å². The Morgan fingerprint density at radius 1 is 0.448 bits per heavy atom. The molecule has 0 saturated carbocycles. The summed E-state index contributed by atoms with van der Waals surface area (Å²) >= 11 is 0. The first-order valence-corrected chi connectivity index (χ1v) is 36.9. The summed E-state index contributed by atoms with van der Waals surface area (Å²) in [5.41, 5.74) is 11.1. The molecule has 0 fully saturated rings. The number of carbonyl (C=O) groups is 8. The molecule has 0 bridgehead atoms. The number of aldehydes is 1. The quantitative estimate of drug-likeness (QED) is 0.0110. The normalized spacial score (nSPS) is 12.4. The maximum atomic E-state index is 11.9. The van der Waals surface area contributed by atoms with Gasteiger partial charge >= 0.3 is 0 Å². The van der Waals surface area contributed by atoms with Crippen LogP contribution >= 0.6 is 0 Å². The lowest BCUT2D eigenvalue weighted by Gasteiger charge is -2.17. The van der Waals surface area contributed by atoms with Crippen molar-refractivity contribution in [2.45, 2.75) is 122 Å². The van der Waals surface area contributed by atoms with Crippen LogP contribution in [0.15, 0.2) is 199 Å². The Balaban J connectivity index is 0.000000304. The van der Waals surface area contributed by atoms with E-state index in [0.29, 0.717) is 46.8 Å². The van der Waals surface area contributed by atoms with E-state index in [1.807, 2.05) is 39.8 Å². The summed E-state index contributed by atoms with van der Waals surface area (Å²) in [7, 11) is 2.87. The molecule has 0 aromatic heterocycles. The van der Waals surface area contributed by atoms with Crippen LogP contribution in [0, 0.1) is 32.6 Å². The van der Waals surface area contributed by atoms with Gasteiger partial charge in [0, 0.05) is 45.4 Å². The molecule has 20 nitrogen and oxygen atoms in total. The van der Waals surface area contributed by atoms with Crippen molar-refractivity contribution in [2.75, 3.05) is 14.2 Å². The molecule has 10 N–H and O–H groups in total. The highest BCUT2D eigenvalue weighted by atomic mass is 16.5. The van der Waals surface area contributed by atoms with Gasteiger partial charge in [0.2, 0.25) is 0 Å². The molecule has 20 heteroatoms. The van der Waals surface area contributed by atoms with E-state index in [4.69, 9.17) is 14.6 Å². The van der Waals surface area contributed by atoms with Crippen LogP contribution in [0.2, 0.25) is 0 Å². The maximum absolute atomic E-state index is 11.9. The van der Waals surface area contributed by atoms with Gasteiger partial charge in [-0.3, -0.25) is 38.4 Å². The molecule has 2 atom stereocenters. The van der Waals surface area contributed by atoms with Crippen LogP contribution in [-0.2, 0) is 40.2 Å². The fourth-order valence-corrected chi connectivity index (χ4v) is 11.0. The third kappa shape index (κ3) is 32.0. The van der Waals surface area contributed by atoms with Gasteiger partial charge in [-0.15, -0.1) is 0 Å². The summed E-state index contributed by atoms with van der Waals surface area (Å²) in [4.78, 5) is 91.0. The lowest BCUT2D eigenvalue weighted by atomic mass is 9.88. The topological polar surface area (TPSA) is 357 Å². The second kappa shape index (κ2) is 47.2. The third-order valence-corrected chi connectivity index (χ3v) is 17.5. The zero-order valence-corrected chi connectivity index (χ0v) is 68.1. The summed E-state index contributed by atoms with van der Waals surface area (Å²) < 4.78 is 10.00. The summed E-state index contributed by atoms with van der Waals surface area (Å²) in [5.74, 6) is -0.672. The van der Waals surface area contributed by atoms with Gasteiger partial charge in [0.25, 0.3) is 0 Å². The second-order valence-electron chi connectivity index (χ2n) is 28.0. The van der Waals surface area contributed by atoms with Crippen LogP contribution in [-0.4, -0.2) is 112 Å². The first-order chi connectivity index (χ1) is 54.8. The number of carbonyl (C=O) groups excluding carboxylic acids is 8. The molecule has 8 aromatic rings. The average molecular weight is 1580 g/mol. The average Bonchev–Trinajstić information content (AvgIpc) is 0.793. The fourth-order valence-electron chi connectivity index (χ4n) is 11.0. The van der Waals surface area contributed by atoms with Crippen molar-refractivity contribution in [3.8, 4) is 85.5 Å². The number of aliphatic hydroxyl groups is 1. The number of ether oxygens (including phenoxy) is 2. The predicted molar refractivity (Wildman–Crippen MR) is 458 cm³/mol. The Bertz CT molecular complexity index is 4970. The lowest BCUT2D eigenvalue weighted by molar-refractivity contribution is -0.122. The van der Waals surface area contributed by atoms with Gasteiger partial charge in [-0.05, 0) is 254 Å². The van der Waals surface area contributed by atoms with Crippen molar-refractivity contribution >= 4 is 83.2 Å². The second-order valence-corrected chi connectivity index (χ2v) is 28.0. The SMILES string of the molecule is CC(=O)/C=C/c1cc(O)c(-c2cc(O)c(/C=C/C(C)=O)cc2O)cc1O.CC(=O)/C=C/c1cc(O)c(-c2ccc(/C=C/C(C)=O)c(C=O)c2O)cc1O.CC(C)=CC(=O)CC(C)c1ccc(C)cc1.CC1=CCC(C(C)C)C=C1.COc1cc(/C=C/C(=O)CC(=O)/C=C/c2ccc(O)c(OC)c2)ccc1O.Cc1ccc(CO)c(C)c1. The third-order valence-electron chi connectivity index (χ3n) is 17.5. The van der Waals surface area contributed by atoms with E-state index >= 15 is 0 Å². The summed E-state index contributed by atoms with van der Waals surface area (Å²) in [5, 5.41) is 99.4. The Morgan fingerprint density at radius 3 is 1.24 bits per heavy atom. The van der Waals surface area contributed by atoms with Crippen molar-refractivity contribution in [2.24, 2.45) is 11.8 Å². The number of aromatic hydroxyl groups is 9. The molecule has 0 spiro atoms. The zero-order valence-electron chi connectivity index (χ0n) is 68.1. The molecule has 0 aliphatic heterocycles. The summed E-state index contributed by atoms with van der Waals surface area (Å²) in [6, 6.07) is 34.1. The molecule has 1 aliphatic carbocycles. The van der Waals surface area contributed by atoms with Gasteiger partial charge in [0.15, 0.2) is 69.8 Å². The number of hydrogen-bond donors (Lipinski definition) is 10.